The van der Waals surface area contributed by atoms with E-state index in [0.29, 0.717) is 6.61 Å². The highest BCUT2D eigenvalue weighted by Crippen LogP contribution is 2.39. The molecule has 2 N–H and O–H groups in total. The molecule has 1 fully saturated rings. The van der Waals surface area contributed by atoms with Crippen LogP contribution in [0.1, 0.15) is 18.4 Å². The lowest BCUT2D eigenvalue weighted by atomic mass is 9.87. The Morgan fingerprint density at radius 2 is 2.33 bits per heavy atom. The molecule has 1 aromatic carbocycles. The second kappa shape index (κ2) is 4.19. The topological polar surface area (TPSA) is 55.6 Å². The summed E-state index contributed by atoms with van der Waals surface area (Å²) in [7, 11) is 0. The number of nitrogens with two attached hydrogens (primary N) is 1. The van der Waals surface area contributed by atoms with E-state index in [9.17, 15) is 4.79 Å². The predicted molar refractivity (Wildman–Crippen MR) is 69.7 cm³/mol. The Labute approximate surface area is 107 Å². The molecule has 2 unspecified atom stereocenters. The van der Waals surface area contributed by atoms with Crippen LogP contribution in [0.3, 0.4) is 0 Å². The fourth-order valence-corrected chi connectivity index (χ4v) is 3.04. The summed E-state index contributed by atoms with van der Waals surface area (Å²) >= 11 is 0. The molecule has 4 nitrogen and oxygen atoms in total. The van der Waals surface area contributed by atoms with Crippen LogP contribution in [-0.2, 0) is 4.79 Å². The largest absolute Gasteiger partial charge is 0.489 e. The smallest absolute Gasteiger partial charge is 0.222 e. The van der Waals surface area contributed by atoms with Crippen molar-refractivity contribution in [1.82, 2.24) is 0 Å². The average Bonchev–Trinajstić information content (AvgIpc) is 2.37. The first-order chi connectivity index (χ1) is 8.66. The molecule has 1 aromatic rings. The first-order valence-electron chi connectivity index (χ1n) is 6.46. The van der Waals surface area contributed by atoms with Gasteiger partial charge >= 0.3 is 0 Å². The molecule has 0 saturated carbocycles. The summed E-state index contributed by atoms with van der Waals surface area (Å²) in [5, 5.41) is 0. The molecule has 0 bridgehead atoms. The number of hydrogen-bond donors (Lipinski definition) is 1. The van der Waals surface area contributed by atoms with E-state index in [1.54, 1.807) is 0 Å². The Balaban J connectivity index is 1.98. The Morgan fingerprint density at radius 1 is 1.50 bits per heavy atom. The molecule has 2 aliphatic heterocycles. The van der Waals surface area contributed by atoms with E-state index in [4.69, 9.17) is 10.5 Å². The molecule has 0 aromatic heterocycles. The molecule has 0 spiro atoms. The lowest BCUT2D eigenvalue weighted by molar-refractivity contribution is -0.123. The molecule has 1 amide bonds. The van der Waals surface area contributed by atoms with Gasteiger partial charge in [0.2, 0.25) is 5.91 Å². The number of fused-ring (bicyclic) bond motifs is 3. The van der Waals surface area contributed by atoms with E-state index in [1.165, 1.54) is 5.56 Å². The number of amides is 1. The maximum absolute atomic E-state index is 11.5. The van der Waals surface area contributed by atoms with Gasteiger partial charge in [0.15, 0.2) is 0 Å². The van der Waals surface area contributed by atoms with Crippen molar-refractivity contribution in [2.75, 3.05) is 18.1 Å². The molecule has 2 heterocycles. The minimum atomic E-state index is -0.204. The van der Waals surface area contributed by atoms with Gasteiger partial charge in [0, 0.05) is 6.54 Å². The Morgan fingerprint density at radius 3 is 3.11 bits per heavy atom. The summed E-state index contributed by atoms with van der Waals surface area (Å²) in [6.07, 6.45) is 1.89. The molecular formula is C14H18N2O2. The number of anilines is 1. The summed E-state index contributed by atoms with van der Waals surface area (Å²) in [6.45, 7) is 3.61. The van der Waals surface area contributed by atoms with Crippen molar-refractivity contribution >= 4 is 11.6 Å². The quantitative estimate of drug-likeness (QED) is 0.816. The van der Waals surface area contributed by atoms with Gasteiger partial charge in [0.05, 0.1) is 17.6 Å². The summed E-state index contributed by atoms with van der Waals surface area (Å²) in [4.78, 5) is 13.8. The van der Waals surface area contributed by atoms with Gasteiger partial charge in [0.25, 0.3) is 0 Å². The van der Waals surface area contributed by atoms with E-state index in [-0.39, 0.29) is 17.9 Å². The maximum atomic E-state index is 11.5. The predicted octanol–water partition coefficient (Wildman–Crippen LogP) is 1.46. The highest BCUT2D eigenvalue weighted by molar-refractivity contribution is 5.79. The van der Waals surface area contributed by atoms with Crippen LogP contribution in [-0.4, -0.2) is 25.1 Å². The minimum absolute atomic E-state index is 0.0904. The molecular weight excluding hydrogens is 228 g/mol. The summed E-state index contributed by atoms with van der Waals surface area (Å²) in [6, 6.07) is 6.29. The number of primary amides is 1. The van der Waals surface area contributed by atoms with Crippen LogP contribution in [0.2, 0.25) is 0 Å². The normalized spacial score (nSPS) is 25.9. The number of rotatable bonds is 1. The summed E-state index contributed by atoms with van der Waals surface area (Å²) < 4.78 is 5.78. The number of piperidine rings is 1. The molecule has 96 valence electrons. The third kappa shape index (κ3) is 1.72. The van der Waals surface area contributed by atoms with Crippen LogP contribution in [0.4, 0.5) is 5.69 Å². The summed E-state index contributed by atoms with van der Waals surface area (Å²) in [5.41, 5.74) is 7.82. The van der Waals surface area contributed by atoms with Crippen molar-refractivity contribution in [3.05, 3.63) is 23.8 Å². The summed E-state index contributed by atoms with van der Waals surface area (Å²) in [5.74, 6) is 0.624. The van der Waals surface area contributed by atoms with Crippen LogP contribution in [0, 0.1) is 12.8 Å². The molecule has 3 rings (SSSR count). The number of ether oxygens (including phenoxy) is 1. The standard InChI is InChI=1S/C14H18N2O2/c1-9-4-5-13-11(7-9)16-6-2-3-10(14(15)17)12(16)8-18-13/h4-5,7,10,12H,2-3,6,8H2,1H3,(H2,15,17). The number of nitrogens with zero attached hydrogens (tertiary/aromatic N) is 1. The van der Waals surface area contributed by atoms with Gasteiger partial charge in [-0.05, 0) is 37.5 Å². The molecule has 18 heavy (non-hydrogen) atoms. The molecule has 4 heteroatoms. The fourth-order valence-electron chi connectivity index (χ4n) is 3.04. The van der Waals surface area contributed by atoms with Gasteiger partial charge in [-0.1, -0.05) is 6.07 Å². The van der Waals surface area contributed by atoms with Gasteiger partial charge < -0.3 is 15.4 Å². The average molecular weight is 246 g/mol. The Hall–Kier alpha value is -1.71. The van der Waals surface area contributed by atoms with Crippen molar-refractivity contribution in [3.8, 4) is 5.75 Å². The second-order valence-corrected chi connectivity index (χ2v) is 5.19. The maximum Gasteiger partial charge on any atom is 0.222 e. The molecule has 1 saturated heterocycles. The van der Waals surface area contributed by atoms with Gasteiger partial charge in [-0.15, -0.1) is 0 Å². The lowest BCUT2D eigenvalue weighted by Crippen LogP contribution is -2.54. The highest BCUT2D eigenvalue weighted by Gasteiger charge is 2.39. The number of hydrogen-bond acceptors (Lipinski definition) is 3. The van der Waals surface area contributed by atoms with E-state index >= 15 is 0 Å². The van der Waals surface area contributed by atoms with Crippen LogP contribution in [0.25, 0.3) is 0 Å². The van der Waals surface area contributed by atoms with Crippen molar-refractivity contribution < 1.29 is 9.53 Å². The Kier molecular flexibility index (Phi) is 2.65. The number of carbonyl (C=O) groups is 1. The zero-order valence-corrected chi connectivity index (χ0v) is 10.6. The van der Waals surface area contributed by atoms with E-state index < -0.39 is 0 Å². The molecule has 0 radical (unpaired) electrons. The third-order valence-electron chi connectivity index (χ3n) is 3.98. The van der Waals surface area contributed by atoms with E-state index in [1.807, 2.05) is 6.07 Å². The zero-order chi connectivity index (χ0) is 12.7. The number of benzene rings is 1. The van der Waals surface area contributed by atoms with Gasteiger partial charge in [-0.2, -0.15) is 0 Å². The monoisotopic (exact) mass is 246 g/mol. The number of aryl methyl sites for hydroxylation is 1. The van der Waals surface area contributed by atoms with Crippen molar-refractivity contribution in [2.45, 2.75) is 25.8 Å². The van der Waals surface area contributed by atoms with Crippen LogP contribution in [0.5, 0.6) is 5.75 Å². The second-order valence-electron chi connectivity index (χ2n) is 5.19. The molecule has 0 aliphatic carbocycles. The van der Waals surface area contributed by atoms with Gasteiger partial charge in [0.1, 0.15) is 12.4 Å². The van der Waals surface area contributed by atoms with E-state index in [0.717, 1.165) is 30.8 Å². The lowest BCUT2D eigenvalue weighted by Gasteiger charge is -2.45. The van der Waals surface area contributed by atoms with Crippen LogP contribution in [0.15, 0.2) is 18.2 Å². The van der Waals surface area contributed by atoms with E-state index in [2.05, 4.69) is 24.0 Å². The van der Waals surface area contributed by atoms with Gasteiger partial charge in [-0.3, -0.25) is 4.79 Å². The highest BCUT2D eigenvalue weighted by atomic mass is 16.5. The van der Waals surface area contributed by atoms with Crippen molar-refractivity contribution in [1.29, 1.82) is 0 Å². The number of carbonyl (C=O) groups excluding carboxylic acids is 1. The minimum Gasteiger partial charge on any atom is -0.489 e. The van der Waals surface area contributed by atoms with Crippen molar-refractivity contribution in [3.63, 3.8) is 0 Å². The molecule has 2 aliphatic rings. The zero-order valence-electron chi connectivity index (χ0n) is 10.6. The van der Waals surface area contributed by atoms with Gasteiger partial charge in [-0.25, -0.2) is 0 Å². The van der Waals surface area contributed by atoms with Crippen LogP contribution < -0.4 is 15.4 Å². The Bertz CT molecular complexity index is 487. The first-order valence-corrected chi connectivity index (χ1v) is 6.46. The third-order valence-corrected chi connectivity index (χ3v) is 3.98. The van der Waals surface area contributed by atoms with Crippen molar-refractivity contribution in [2.24, 2.45) is 11.7 Å². The molecule has 2 atom stereocenters. The first kappa shape index (κ1) is 11.4. The van der Waals surface area contributed by atoms with Crippen LogP contribution >= 0.6 is 0 Å². The fraction of sp³-hybridized carbons (Fsp3) is 0.500. The SMILES string of the molecule is Cc1ccc2c(c1)N1CCCC(C(N)=O)C1CO2.